The van der Waals surface area contributed by atoms with Crippen LogP contribution < -0.4 is 15.5 Å². The van der Waals surface area contributed by atoms with E-state index >= 15 is 0 Å². The molecule has 33 heavy (non-hydrogen) atoms. The molecule has 0 bridgehead atoms. The third kappa shape index (κ3) is 6.33. The summed E-state index contributed by atoms with van der Waals surface area (Å²) in [4.78, 5) is 32.2. The SMILES string of the molecule is CNCCN(C)C(=O)c1cccc([C@@H](C)NC(=O)c2cc(N3CCN(C)CC3)ccc2C)c1. The summed E-state index contributed by atoms with van der Waals surface area (Å²) in [6.07, 6.45) is 0. The van der Waals surface area contributed by atoms with Crippen LogP contribution in [0, 0.1) is 6.92 Å². The standard InChI is InChI=1S/C26H37N5O2/c1-19-9-10-23(31-15-13-29(4)14-16-31)18-24(19)25(32)28-20(2)21-7-6-8-22(17-21)26(33)30(5)12-11-27-3/h6-10,17-18,20,27H,11-16H2,1-5H3,(H,28,32)/t20-/m1/s1. The van der Waals surface area contributed by atoms with E-state index < -0.39 is 0 Å². The van der Waals surface area contributed by atoms with Gasteiger partial charge >= 0.3 is 0 Å². The summed E-state index contributed by atoms with van der Waals surface area (Å²) >= 11 is 0. The molecule has 7 nitrogen and oxygen atoms in total. The van der Waals surface area contributed by atoms with Crippen molar-refractivity contribution in [2.75, 3.05) is 65.3 Å². The highest BCUT2D eigenvalue weighted by molar-refractivity contribution is 5.97. The molecular formula is C26H37N5O2. The predicted molar refractivity (Wildman–Crippen MR) is 134 cm³/mol. The number of carbonyl (C=O) groups excluding carboxylic acids is 2. The minimum absolute atomic E-state index is 0.0265. The van der Waals surface area contributed by atoms with Gasteiger partial charge in [0.25, 0.3) is 11.8 Å². The number of rotatable bonds is 8. The molecule has 2 aromatic rings. The van der Waals surface area contributed by atoms with Gasteiger partial charge in [-0.2, -0.15) is 0 Å². The van der Waals surface area contributed by atoms with Crippen molar-refractivity contribution < 1.29 is 9.59 Å². The van der Waals surface area contributed by atoms with Gasteiger partial charge in [-0.05, 0) is 63.3 Å². The molecular weight excluding hydrogens is 414 g/mol. The van der Waals surface area contributed by atoms with E-state index in [0.29, 0.717) is 17.7 Å². The zero-order chi connectivity index (χ0) is 24.0. The lowest BCUT2D eigenvalue weighted by molar-refractivity contribution is 0.0796. The minimum Gasteiger partial charge on any atom is -0.369 e. The first-order chi connectivity index (χ1) is 15.8. The molecule has 0 radical (unpaired) electrons. The van der Waals surface area contributed by atoms with Crippen molar-refractivity contribution in [2.24, 2.45) is 0 Å². The summed E-state index contributed by atoms with van der Waals surface area (Å²) in [7, 11) is 5.80. The Bertz CT molecular complexity index is 969. The molecule has 1 aliphatic heterocycles. The van der Waals surface area contributed by atoms with E-state index in [0.717, 1.165) is 49.5 Å². The summed E-state index contributed by atoms with van der Waals surface area (Å²) < 4.78 is 0. The zero-order valence-electron chi connectivity index (χ0n) is 20.5. The average Bonchev–Trinajstić information content (AvgIpc) is 2.82. The van der Waals surface area contributed by atoms with Gasteiger partial charge in [0.1, 0.15) is 0 Å². The number of anilines is 1. The Morgan fingerprint density at radius 1 is 1.09 bits per heavy atom. The van der Waals surface area contributed by atoms with Crippen LogP contribution in [-0.4, -0.2) is 82.0 Å². The average molecular weight is 452 g/mol. The fraction of sp³-hybridized carbons (Fsp3) is 0.462. The molecule has 3 rings (SSSR count). The molecule has 0 spiro atoms. The van der Waals surface area contributed by atoms with Crippen LogP contribution in [-0.2, 0) is 0 Å². The first-order valence-electron chi connectivity index (χ1n) is 11.6. The van der Waals surface area contributed by atoms with E-state index in [1.807, 2.05) is 57.3 Å². The Kier molecular flexibility index (Phi) is 8.47. The monoisotopic (exact) mass is 451 g/mol. The third-order valence-electron chi connectivity index (χ3n) is 6.36. The molecule has 1 atom stereocenters. The number of piperazine rings is 1. The number of aryl methyl sites for hydroxylation is 1. The van der Waals surface area contributed by atoms with E-state index in [4.69, 9.17) is 0 Å². The molecule has 1 saturated heterocycles. The lowest BCUT2D eigenvalue weighted by atomic mass is 10.0. The fourth-order valence-corrected chi connectivity index (χ4v) is 4.02. The number of nitrogens with one attached hydrogen (secondary N) is 2. The summed E-state index contributed by atoms with van der Waals surface area (Å²) in [5, 5.41) is 6.18. The van der Waals surface area contributed by atoms with E-state index in [-0.39, 0.29) is 17.9 Å². The minimum atomic E-state index is -0.223. The first-order valence-corrected chi connectivity index (χ1v) is 11.6. The molecule has 0 aromatic heterocycles. The Morgan fingerprint density at radius 3 is 2.52 bits per heavy atom. The summed E-state index contributed by atoms with van der Waals surface area (Å²) in [5.41, 5.74) is 4.26. The van der Waals surface area contributed by atoms with Crippen LogP contribution >= 0.6 is 0 Å². The van der Waals surface area contributed by atoms with Crippen LogP contribution in [0.2, 0.25) is 0 Å². The van der Waals surface area contributed by atoms with Crippen LogP contribution in [0.25, 0.3) is 0 Å². The highest BCUT2D eigenvalue weighted by atomic mass is 16.2. The van der Waals surface area contributed by atoms with Crippen molar-refractivity contribution in [1.82, 2.24) is 20.4 Å². The molecule has 2 aromatic carbocycles. The van der Waals surface area contributed by atoms with Gasteiger partial charge in [0.2, 0.25) is 0 Å². The van der Waals surface area contributed by atoms with E-state index in [9.17, 15) is 9.59 Å². The lowest BCUT2D eigenvalue weighted by Gasteiger charge is -2.34. The highest BCUT2D eigenvalue weighted by Gasteiger charge is 2.19. The molecule has 7 heteroatoms. The van der Waals surface area contributed by atoms with Crippen LogP contribution in [0.5, 0.6) is 0 Å². The molecule has 1 aliphatic rings. The van der Waals surface area contributed by atoms with Crippen molar-refractivity contribution in [2.45, 2.75) is 19.9 Å². The second-order valence-corrected chi connectivity index (χ2v) is 8.94. The molecule has 178 valence electrons. The summed E-state index contributed by atoms with van der Waals surface area (Å²) in [5.74, 6) is -0.125. The van der Waals surface area contributed by atoms with Crippen LogP contribution in [0.3, 0.4) is 0 Å². The molecule has 0 unspecified atom stereocenters. The molecule has 1 fully saturated rings. The topological polar surface area (TPSA) is 67.9 Å². The van der Waals surface area contributed by atoms with Gasteiger partial charge in [-0.1, -0.05) is 18.2 Å². The number of hydrogen-bond donors (Lipinski definition) is 2. The number of nitrogens with zero attached hydrogens (tertiary/aromatic N) is 3. The number of benzene rings is 2. The van der Waals surface area contributed by atoms with Gasteiger partial charge in [-0.3, -0.25) is 9.59 Å². The highest BCUT2D eigenvalue weighted by Crippen LogP contribution is 2.22. The molecule has 0 saturated carbocycles. The maximum atomic E-state index is 13.2. The maximum absolute atomic E-state index is 13.2. The maximum Gasteiger partial charge on any atom is 0.253 e. The summed E-state index contributed by atoms with van der Waals surface area (Å²) in [6.45, 7) is 9.24. The van der Waals surface area contributed by atoms with E-state index in [2.05, 4.69) is 33.5 Å². The van der Waals surface area contributed by atoms with Crippen molar-refractivity contribution in [1.29, 1.82) is 0 Å². The quantitative estimate of drug-likeness (QED) is 0.646. The second-order valence-electron chi connectivity index (χ2n) is 8.94. The normalized spacial score (nSPS) is 15.2. The Labute approximate surface area is 197 Å². The van der Waals surface area contributed by atoms with Gasteiger partial charge in [0.15, 0.2) is 0 Å². The largest absolute Gasteiger partial charge is 0.369 e. The number of carbonyl (C=O) groups is 2. The zero-order valence-corrected chi connectivity index (χ0v) is 20.5. The van der Waals surface area contributed by atoms with Crippen LogP contribution in [0.1, 0.15) is 44.8 Å². The molecule has 2 amide bonds. The van der Waals surface area contributed by atoms with Gasteiger partial charge < -0.3 is 25.3 Å². The second kappa shape index (κ2) is 11.3. The van der Waals surface area contributed by atoms with Crippen molar-refractivity contribution in [3.05, 3.63) is 64.7 Å². The molecule has 2 N–H and O–H groups in total. The number of likely N-dealkylation sites (N-methyl/N-ethyl adjacent to an activating group) is 3. The van der Waals surface area contributed by atoms with Gasteiger partial charge in [0, 0.05) is 63.1 Å². The lowest BCUT2D eigenvalue weighted by Crippen LogP contribution is -2.44. The fourth-order valence-electron chi connectivity index (χ4n) is 4.02. The van der Waals surface area contributed by atoms with Gasteiger partial charge in [-0.15, -0.1) is 0 Å². The van der Waals surface area contributed by atoms with Crippen molar-refractivity contribution in [3.63, 3.8) is 0 Å². The summed E-state index contributed by atoms with van der Waals surface area (Å²) in [6, 6.07) is 13.4. The predicted octanol–water partition coefficient (Wildman–Crippen LogP) is 2.53. The Morgan fingerprint density at radius 2 is 1.82 bits per heavy atom. The van der Waals surface area contributed by atoms with E-state index in [1.54, 1.807) is 11.9 Å². The smallest absolute Gasteiger partial charge is 0.253 e. The molecule has 0 aliphatic carbocycles. The van der Waals surface area contributed by atoms with Crippen LogP contribution in [0.4, 0.5) is 5.69 Å². The van der Waals surface area contributed by atoms with Crippen molar-refractivity contribution >= 4 is 17.5 Å². The third-order valence-corrected chi connectivity index (χ3v) is 6.36. The van der Waals surface area contributed by atoms with Gasteiger partial charge in [0.05, 0.1) is 6.04 Å². The van der Waals surface area contributed by atoms with E-state index in [1.165, 1.54) is 0 Å². The van der Waals surface area contributed by atoms with Crippen molar-refractivity contribution in [3.8, 4) is 0 Å². The number of hydrogen-bond acceptors (Lipinski definition) is 5. The Balaban J connectivity index is 1.70. The van der Waals surface area contributed by atoms with Crippen LogP contribution in [0.15, 0.2) is 42.5 Å². The molecule has 1 heterocycles. The number of amides is 2. The Hall–Kier alpha value is -2.90. The first kappa shape index (κ1) is 24.7. The van der Waals surface area contributed by atoms with Gasteiger partial charge in [-0.25, -0.2) is 0 Å².